The number of nitrogens with zero attached hydrogens (tertiary/aromatic N) is 1. The number of nitrogens with one attached hydrogen (secondary N) is 6. The zero-order chi connectivity index (χ0) is 47.5. The molecule has 3 aromatic rings. The molecule has 8 N–H and O–H groups in total. The fraction of sp³-hybridized carbons (Fsp3) is 0.468. The Balaban J connectivity index is 1.69. The van der Waals surface area contributed by atoms with E-state index >= 15 is 0 Å². The van der Waals surface area contributed by atoms with Crippen molar-refractivity contribution in [1.82, 2.24) is 36.8 Å². The first kappa shape index (κ1) is 51.3. The number of rotatable bonds is 15. The normalized spacial score (nSPS) is 21.6. The lowest BCUT2D eigenvalue weighted by molar-refractivity contribution is -0.143. The van der Waals surface area contributed by atoms with Crippen molar-refractivity contribution in [3.63, 3.8) is 0 Å². The second kappa shape index (κ2) is 25.9. The predicted octanol–water partition coefficient (Wildman–Crippen LogP) is 2.33. The van der Waals surface area contributed by atoms with E-state index in [1.165, 1.54) is 30.3 Å². The molecule has 17 nitrogen and oxygen atoms in total. The highest BCUT2D eigenvalue weighted by Gasteiger charge is 2.36. The van der Waals surface area contributed by atoms with E-state index in [4.69, 9.17) is 0 Å². The Labute approximate surface area is 382 Å². The number of carbonyl (C=O) groups excluding carboxylic acids is 6. The van der Waals surface area contributed by atoms with Crippen LogP contribution < -0.4 is 31.9 Å². The fourth-order valence-corrected chi connectivity index (χ4v) is 8.00. The van der Waals surface area contributed by atoms with Gasteiger partial charge in [0.15, 0.2) is 0 Å². The Morgan fingerprint density at radius 2 is 1.35 bits per heavy atom. The average molecular weight is 918 g/mol. The molecule has 18 heteroatoms. The van der Waals surface area contributed by atoms with Gasteiger partial charge >= 0.3 is 12.0 Å². The number of benzene rings is 3. The molecular weight excluding hydrogens is 855 g/mol. The maximum absolute atomic E-state index is 14.7. The molecule has 1 aliphatic rings. The molecule has 1 saturated heterocycles. The molecule has 0 spiro atoms. The smallest absolute Gasteiger partial charge is 0.326 e. The topological polar surface area (TPSA) is 252 Å². The van der Waals surface area contributed by atoms with Crippen LogP contribution in [-0.4, -0.2) is 123 Å². The first-order valence-corrected chi connectivity index (χ1v) is 23.7. The van der Waals surface area contributed by atoms with Crippen LogP contribution in [0.1, 0.15) is 69.1 Å². The lowest BCUT2D eigenvalue weighted by atomic mass is 9.98. The third-order valence-corrected chi connectivity index (χ3v) is 12.1. The summed E-state index contributed by atoms with van der Waals surface area (Å²) in [6.07, 6.45) is 2.96. The summed E-state index contributed by atoms with van der Waals surface area (Å²) >= 11 is 0. The lowest BCUT2D eigenvalue weighted by Gasteiger charge is -2.33. The molecule has 0 bridgehead atoms. The summed E-state index contributed by atoms with van der Waals surface area (Å²) in [5.74, 6) is -4.86. The van der Waals surface area contributed by atoms with Crippen molar-refractivity contribution in [2.24, 2.45) is 5.92 Å². The minimum absolute atomic E-state index is 0.0239. The van der Waals surface area contributed by atoms with Gasteiger partial charge in [-0.1, -0.05) is 86.6 Å². The molecule has 3 aromatic carbocycles. The minimum atomic E-state index is -1.33. The molecule has 0 radical (unpaired) electrons. The first-order valence-electron chi connectivity index (χ1n) is 21.9. The molecule has 7 unspecified atom stereocenters. The Bertz CT molecular complexity index is 2090. The molecule has 65 heavy (non-hydrogen) atoms. The number of hydrogen-bond acceptors (Lipinski definition) is 9. The molecule has 1 aliphatic heterocycles. The van der Waals surface area contributed by atoms with Crippen molar-refractivity contribution < 1.29 is 48.0 Å². The number of hydrogen-bond donors (Lipinski definition) is 8. The Morgan fingerprint density at radius 1 is 0.754 bits per heavy atom. The van der Waals surface area contributed by atoms with Crippen LogP contribution in [0.25, 0.3) is 0 Å². The number of phenols is 1. The van der Waals surface area contributed by atoms with Gasteiger partial charge < -0.3 is 47.0 Å². The average Bonchev–Trinajstić information content (AvgIpc) is 3.27. The Kier molecular flexibility index (Phi) is 20.4. The second-order valence-electron chi connectivity index (χ2n) is 16.7. The Hall–Kier alpha value is -6.30. The summed E-state index contributed by atoms with van der Waals surface area (Å²) in [6, 6.07) is 16.2. The highest BCUT2D eigenvalue weighted by Crippen LogP contribution is 2.18. The fourth-order valence-electron chi connectivity index (χ4n) is 7.44. The number of amides is 7. The molecular formula is C47H63N7O10S. The zero-order valence-corrected chi connectivity index (χ0v) is 38.2. The number of aromatic hydroxyl groups is 1. The van der Waals surface area contributed by atoms with Crippen LogP contribution in [0.4, 0.5) is 4.79 Å². The molecule has 7 amide bonds. The van der Waals surface area contributed by atoms with Crippen molar-refractivity contribution in [3.05, 3.63) is 102 Å². The van der Waals surface area contributed by atoms with Gasteiger partial charge in [-0.25, -0.2) is 9.59 Å². The summed E-state index contributed by atoms with van der Waals surface area (Å²) in [7, 11) is 0.133. The minimum Gasteiger partial charge on any atom is -0.508 e. The summed E-state index contributed by atoms with van der Waals surface area (Å²) in [5, 5.41) is 36.0. The predicted molar refractivity (Wildman–Crippen MR) is 246 cm³/mol. The van der Waals surface area contributed by atoms with Gasteiger partial charge in [0.25, 0.3) is 0 Å². The maximum atomic E-state index is 14.7. The molecule has 7 atom stereocenters. The Morgan fingerprint density at radius 3 is 1.97 bits per heavy atom. The van der Waals surface area contributed by atoms with Crippen LogP contribution >= 0.6 is 0 Å². The summed E-state index contributed by atoms with van der Waals surface area (Å²) in [6.45, 7) is 3.52. The summed E-state index contributed by atoms with van der Waals surface area (Å²) in [5.41, 5.74) is 2.32. The van der Waals surface area contributed by atoms with Crippen molar-refractivity contribution >= 4 is 52.3 Å². The molecule has 0 aliphatic carbocycles. The number of aliphatic carboxylic acids is 1. The van der Waals surface area contributed by atoms with Gasteiger partial charge in [-0.3, -0.25) is 28.2 Å². The van der Waals surface area contributed by atoms with E-state index in [1.807, 2.05) is 30.3 Å². The van der Waals surface area contributed by atoms with Crippen molar-refractivity contribution in [2.75, 3.05) is 25.6 Å². The number of carboxylic acids is 1. The standard InChI is InChI=1S/C47H63N7O10S/c1-30(2)40-44(59)50-37(24-20-31-13-7-5-8-14-31)45(60)54(3)39(25-21-32-18-22-34(55)23-19-32)43(58)49-36(26-28-65(4)64)41(56)48-27-12-11-17-35(42(57)53-40)51-47(63)52-38(46(61)62)29-33-15-9-6-10-16-33/h5-10,13-16,18-19,22-23,30,35-40,55H,11-12,17,20-21,24-29H2,1-4H3,(H,48,56)(H,49,58)(H,50,59)(H,53,57)(H,61,62)(H2,51,52,63). The molecule has 0 saturated carbocycles. The number of carbonyl (C=O) groups is 7. The van der Waals surface area contributed by atoms with Crippen molar-refractivity contribution in [2.45, 2.75) is 108 Å². The van der Waals surface area contributed by atoms with Gasteiger partial charge in [0.1, 0.15) is 42.0 Å². The van der Waals surface area contributed by atoms with Gasteiger partial charge in [-0.2, -0.15) is 0 Å². The molecule has 4 rings (SSSR count). The molecule has 0 aromatic heterocycles. The lowest BCUT2D eigenvalue weighted by Crippen LogP contribution is -2.60. The largest absolute Gasteiger partial charge is 0.508 e. The maximum Gasteiger partial charge on any atom is 0.326 e. The van der Waals surface area contributed by atoms with E-state index in [1.54, 1.807) is 56.3 Å². The van der Waals surface area contributed by atoms with Gasteiger partial charge in [0, 0.05) is 42.8 Å². The van der Waals surface area contributed by atoms with E-state index in [-0.39, 0.29) is 56.6 Å². The van der Waals surface area contributed by atoms with Crippen LogP contribution in [0.5, 0.6) is 5.75 Å². The van der Waals surface area contributed by atoms with Gasteiger partial charge in [0.05, 0.1) is 0 Å². The second-order valence-corrected chi connectivity index (χ2v) is 18.2. The van der Waals surface area contributed by atoms with E-state index < -0.39 is 94.5 Å². The SMILES string of the molecule is CC(C)C1NC(=O)C(NC(=O)NC(Cc2ccccc2)C(=O)O)CCCCNC(=O)C(CCS(C)=O)NC(=O)C(CCc2ccc(O)cc2)N(C)C(=O)C(CCc2ccccc2)NC1=O. The van der Waals surface area contributed by atoms with Crippen molar-refractivity contribution in [3.8, 4) is 5.75 Å². The van der Waals surface area contributed by atoms with Gasteiger partial charge in [-0.15, -0.1) is 0 Å². The number of urea groups is 1. The zero-order valence-electron chi connectivity index (χ0n) is 37.4. The number of phenolic OH excluding ortho intramolecular Hbond substituents is 1. The summed E-state index contributed by atoms with van der Waals surface area (Å²) < 4.78 is 12.2. The van der Waals surface area contributed by atoms with Gasteiger partial charge in [0.2, 0.25) is 29.5 Å². The quantitative estimate of drug-likeness (QED) is 0.111. The number of likely N-dealkylation sites (N-methyl/N-ethyl adjacent to an activating group) is 1. The highest BCUT2D eigenvalue weighted by molar-refractivity contribution is 7.84. The van der Waals surface area contributed by atoms with E-state index in [0.29, 0.717) is 24.8 Å². The van der Waals surface area contributed by atoms with Crippen LogP contribution in [0, 0.1) is 5.92 Å². The van der Waals surface area contributed by atoms with E-state index in [9.17, 15) is 48.0 Å². The monoisotopic (exact) mass is 917 g/mol. The van der Waals surface area contributed by atoms with E-state index in [0.717, 1.165) is 11.1 Å². The first-order chi connectivity index (χ1) is 31.0. The molecule has 352 valence electrons. The van der Waals surface area contributed by atoms with Gasteiger partial charge in [-0.05, 0) is 86.1 Å². The van der Waals surface area contributed by atoms with Crippen LogP contribution in [0.3, 0.4) is 0 Å². The summed E-state index contributed by atoms with van der Waals surface area (Å²) in [4.78, 5) is 97.9. The number of carboxylic acid groups (broad SMARTS) is 1. The van der Waals surface area contributed by atoms with Crippen molar-refractivity contribution in [1.29, 1.82) is 0 Å². The van der Waals surface area contributed by atoms with Crippen LogP contribution in [0.2, 0.25) is 0 Å². The van der Waals surface area contributed by atoms with Crippen LogP contribution in [0.15, 0.2) is 84.9 Å². The third-order valence-electron chi connectivity index (χ3n) is 11.2. The third kappa shape index (κ3) is 17.0. The molecule has 1 fully saturated rings. The molecule has 1 heterocycles. The highest BCUT2D eigenvalue weighted by atomic mass is 32.2. The van der Waals surface area contributed by atoms with Crippen LogP contribution in [-0.2, 0) is 58.8 Å². The van der Waals surface area contributed by atoms with E-state index in [2.05, 4.69) is 31.9 Å². The number of aryl methyl sites for hydroxylation is 2.